The van der Waals surface area contributed by atoms with Gasteiger partial charge in [0.05, 0.1) is 13.0 Å². The summed E-state index contributed by atoms with van der Waals surface area (Å²) in [5.41, 5.74) is 2.73. The van der Waals surface area contributed by atoms with Crippen LogP contribution in [0.2, 0.25) is 0 Å². The first-order valence-corrected chi connectivity index (χ1v) is 23.4. The molecule has 5 atom stereocenters. The van der Waals surface area contributed by atoms with Crippen molar-refractivity contribution in [2.45, 2.75) is 230 Å². The predicted octanol–water partition coefficient (Wildman–Crippen LogP) is 13.4. The van der Waals surface area contributed by atoms with Crippen LogP contribution in [0.1, 0.15) is 212 Å². The van der Waals surface area contributed by atoms with E-state index in [1.807, 2.05) is 0 Å². The highest BCUT2D eigenvalue weighted by atomic mass is 16.7. The normalized spacial score (nSPS) is 19.1. The second-order valence-corrected chi connectivity index (χ2v) is 19.3. The summed E-state index contributed by atoms with van der Waals surface area (Å²) in [4.78, 5) is 38.1. The lowest BCUT2D eigenvalue weighted by molar-refractivity contribution is -0.161. The first kappa shape index (κ1) is 53.8. The molecule has 0 amide bonds. The van der Waals surface area contributed by atoms with E-state index in [2.05, 4.69) is 95.2 Å². The molecule has 1 saturated carbocycles. The Balaban J connectivity index is 2.48. The molecule has 0 heterocycles. The Hall–Kier alpha value is -2.19. The van der Waals surface area contributed by atoms with E-state index >= 15 is 0 Å². The summed E-state index contributed by atoms with van der Waals surface area (Å²) >= 11 is 0. The van der Waals surface area contributed by atoms with Gasteiger partial charge in [0.25, 0.3) is 0 Å². The van der Waals surface area contributed by atoms with E-state index in [1.54, 1.807) is 0 Å². The van der Waals surface area contributed by atoms with Gasteiger partial charge in [-0.15, -0.1) is 0 Å². The van der Waals surface area contributed by atoms with Crippen LogP contribution in [0.4, 0.5) is 0 Å². The second-order valence-electron chi connectivity index (χ2n) is 19.3. The second kappa shape index (κ2) is 29.9. The molecule has 58 heavy (non-hydrogen) atoms. The molecular formula is C50H90O8. The molecular weight excluding hydrogens is 729 g/mol. The standard InChI is InChI=1S/C50H90O8/c1-13-14-28-46(52)57-43(27-21-29-47(53)58-44-37-42(8)49(9,10)50(44,11)12)26-17-15-16-18-34-54-45(51)30-31-48(55-35-32-40(6)24-19-22-38(2)3)56-36-33-41(7)25-20-23-39(4)5/h22-23,40-44,48H,13-21,24-37H2,1-12H3. The van der Waals surface area contributed by atoms with Gasteiger partial charge in [0.15, 0.2) is 6.29 Å². The van der Waals surface area contributed by atoms with Gasteiger partial charge in [-0.25, -0.2) is 0 Å². The molecule has 338 valence electrons. The molecule has 0 saturated heterocycles. The summed E-state index contributed by atoms with van der Waals surface area (Å²) in [5, 5.41) is 0. The molecule has 0 bridgehead atoms. The van der Waals surface area contributed by atoms with E-state index in [0.29, 0.717) is 69.7 Å². The van der Waals surface area contributed by atoms with Crippen LogP contribution in [0.5, 0.6) is 0 Å². The van der Waals surface area contributed by atoms with Gasteiger partial charge in [-0.3, -0.25) is 14.4 Å². The van der Waals surface area contributed by atoms with Gasteiger partial charge < -0.3 is 23.7 Å². The molecule has 0 spiro atoms. The number of hydrogen-bond acceptors (Lipinski definition) is 8. The Bertz CT molecular complexity index is 1160. The van der Waals surface area contributed by atoms with Gasteiger partial charge in [0.1, 0.15) is 12.2 Å². The first-order chi connectivity index (χ1) is 27.4. The monoisotopic (exact) mass is 819 g/mol. The van der Waals surface area contributed by atoms with Crippen molar-refractivity contribution in [2.24, 2.45) is 28.6 Å². The summed E-state index contributed by atoms with van der Waals surface area (Å²) in [5.74, 6) is 1.08. The van der Waals surface area contributed by atoms with Crippen molar-refractivity contribution < 1.29 is 38.1 Å². The van der Waals surface area contributed by atoms with Crippen LogP contribution in [0.3, 0.4) is 0 Å². The fourth-order valence-electron chi connectivity index (χ4n) is 7.61. The zero-order chi connectivity index (χ0) is 43.6. The highest BCUT2D eigenvalue weighted by Gasteiger charge is 2.54. The Morgan fingerprint density at radius 1 is 0.621 bits per heavy atom. The molecule has 0 radical (unpaired) electrons. The lowest BCUT2D eigenvalue weighted by atomic mass is 9.67. The average molecular weight is 819 g/mol. The lowest BCUT2D eigenvalue weighted by Crippen LogP contribution is -2.38. The summed E-state index contributed by atoms with van der Waals surface area (Å²) < 4.78 is 29.9. The summed E-state index contributed by atoms with van der Waals surface area (Å²) in [6.45, 7) is 28.0. The molecule has 8 nitrogen and oxygen atoms in total. The number of allylic oxidation sites excluding steroid dienone is 4. The molecule has 0 aliphatic heterocycles. The van der Waals surface area contributed by atoms with E-state index in [-0.39, 0.29) is 47.4 Å². The number of ether oxygens (including phenoxy) is 5. The zero-order valence-corrected chi connectivity index (χ0v) is 39.6. The van der Waals surface area contributed by atoms with Gasteiger partial charge in [-0.05, 0) is 134 Å². The third-order valence-electron chi connectivity index (χ3n) is 13.0. The number of carbonyl (C=O) groups excluding carboxylic acids is 3. The molecule has 5 unspecified atom stereocenters. The number of rotatable bonds is 33. The maximum atomic E-state index is 12.9. The molecule has 1 rings (SSSR count). The Morgan fingerprint density at radius 2 is 1.17 bits per heavy atom. The van der Waals surface area contributed by atoms with Crippen molar-refractivity contribution in [3.05, 3.63) is 23.3 Å². The minimum absolute atomic E-state index is 0.0786. The average Bonchev–Trinajstić information content (AvgIpc) is 3.29. The Morgan fingerprint density at radius 3 is 1.71 bits per heavy atom. The maximum Gasteiger partial charge on any atom is 0.306 e. The molecule has 8 heteroatoms. The van der Waals surface area contributed by atoms with Gasteiger partial charge in [-0.2, -0.15) is 0 Å². The minimum atomic E-state index is -0.409. The van der Waals surface area contributed by atoms with Crippen molar-refractivity contribution in [1.82, 2.24) is 0 Å². The predicted molar refractivity (Wildman–Crippen MR) is 238 cm³/mol. The molecule has 1 aliphatic carbocycles. The summed E-state index contributed by atoms with van der Waals surface area (Å²) in [7, 11) is 0. The van der Waals surface area contributed by atoms with E-state index in [9.17, 15) is 14.4 Å². The smallest absolute Gasteiger partial charge is 0.306 e. The van der Waals surface area contributed by atoms with Crippen LogP contribution in [-0.2, 0) is 38.1 Å². The molecule has 0 aromatic heterocycles. The molecule has 1 aliphatic rings. The van der Waals surface area contributed by atoms with Crippen molar-refractivity contribution in [1.29, 1.82) is 0 Å². The maximum absolute atomic E-state index is 12.9. The lowest BCUT2D eigenvalue weighted by Gasteiger charge is -2.40. The van der Waals surface area contributed by atoms with E-state index < -0.39 is 6.29 Å². The molecule has 0 N–H and O–H groups in total. The Kier molecular flexibility index (Phi) is 27.8. The molecule has 0 aromatic rings. The number of carbonyl (C=O) groups is 3. The van der Waals surface area contributed by atoms with Crippen LogP contribution in [0.15, 0.2) is 23.3 Å². The van der Waals surface area contributed by atoms with Gasteiger partial charge in [0.2, 0.25) is 0 Å². The van der Waals surface area contributed by atoms with E-state index in [4.69, 9.17) is 23.7 Å². The van der Waals surface area contributed by atoms with Crippen molar-refractivity contribution in [3.8, 4) is 0 Å². The quantitative estimate of drug-likeness (QED) is 0.0212. The molecule has 1 fully saturated rings. The van der Waals surface area contributed by atoms with Crippen LogP contribution in [-0.4, -0.2) is 56.2 Å². The number of esters is 3. The fraction of sp³-hybridized carbons (Fsp3) is 0.860. The van der Waals surface area contributed by atoms with Crippen molar-refractivity contribution in [3.63, 3.8) is 0 Å². The fourth-order valence-corrected chi connectivity index (χ4v) is 7.61. The summed E-state index contributed by atoms with van der Waals surface area (Å²) in [6, 6.07) is 0. The zero-order valence-electron chi connectivity index (χ0n) is 39.6. The largest absolute Gasteiger partial charge is 0.466 e. The third kappa shape index (κ3) is 23.6. The van der Waals surface area contributed by atoms with Crippen LogP contribution < -0.4 is 0 Å². The van der Waals surface area contributed by atoms with Gasteiger partial charge in [0, 0.05) is 37.9 Å². The van der Waals surface area contributed by atoms with E-state index in [0.717, 1.165) is 89.9 Å². The SMILES string of the molecule is CCCCC(=O)OC(CCCCCCOC(=O)CCC(OCCC(C)CCC=C(C)C)OCCC(C)CCC=C(C)C)CCCC(=O)OC1CC(C)C(C)(C)C1(C)C. The van der Waals surface area contributed by atoms with Crippen molar-refractivity contribution in [2.75, 3.05) is 19.8 Å². The van der Waals surface area contributed by atoms with Gasteiger partial charge in [-0.1, -0.05) is 98.0 Å². The first-order valence-electron chi connectivity index (χ1n) is 23.4. The van der Waals surface area contributed by atoms with E-state index in [1.165, 1.54) is 11.1 Å². The minimum Gasteiger partial charge on any atom is -0.466 e. The van der Waals surface area contributed by atoms with Crippen molar-refractivity contribution >= 4 is 17.9 Å². The van der Waals surface area contributed by atoms with Crippen LogP contribution >= 0.6 is 0 Å². The van der Waals surface area contributed by atoms with Crippen LogP contribution in [0.25, 0.3) is 0 Å². The highest BCUT2D eigenvalue weighted by molar-refractivity contribution is 5.70. The van der Waals surface area contributed by atoms with Gasteiger partial charge >= 0.3 is 17.9 Å². The summed E-state index contributed by atoms with van der Waals surface area (Å²) in [6.07, 6.45) is 20.1. The molecule has 0 aromatic carbocycles. The van der Waals surface area contributed by atoms with Crippen LogP contribution in [0, 0.1) is 28.6 Å². The number of hydrogen-bond donors (Lipinski definition) is 0. The topological polar surface area (TPSA) is 97.4 Å². The Labute approximate surface area is 356 Å². The number of unbranched alkanes of at least 4 members (excludes halogenated alkanes) is 4. The highest BCUT2D eigenvalue weighted by Crippen LogP contribution is 2.56. The third-order valence-corrected chi connectivity index (χ3v) is 13.0.